The Morgan fingerprint density at radius 3 is 2.69 bits per heavy atom. The van der Waals surface area contributed by atoms with Gasteiger partial charge < -0.3 is 4.74 Å². The molecule has 1 nitrogen and oxygen atoms in total. The second kappa shape index (κ2) is 5.86. The first-order chi connectivity index (χ1) is 7.90. The van der Waals surface area contributed by atoms with Crippen molar-refractivity contribution in [2.45, 2.75) is 44.8 Å². The molecule has 0 heterocycles. The standard InChI is InChI=1S/C15H20O/c1-2-13-8-6-7-9-14(13)12-16-15-10-4-3-5-11-15/h2,6-9,15H,1,3-5,10-12H2. The smallest absolute Gasteiger partial charge is 0.0726 e. The molecule has 1 heteroatoms. The van der Waals surface area contributed by atoms with Gasteiger partial charge in [-0.05, 0) is 24.0 Å². The molecule has 1 saturated carbocycles. The Kier molecular flexibility index (Phi) is 4.17. The Labute approximate surface area is 98.1 Å². The van der Waals surface area contributed by atoms with Crippen molar-refractivity contribution >= 4 is 6.08 Å². The molecule has 1 aromatic carbocycles. The summed E-state index contributed by atoms with van der Waals surface area (Å²) >= 11 is 0. The van der Waals surface area contributed by atoms with Crippen molar-refractivity contribution in [3.05, 3.63) is 42.0 Å². The van der Waals surface area contributed by atoms with Crippen molar-refractivity contribution in [1.82, 2.24) is 0 Å². The van der Waals surface area contributed by atoms with Gasteiger partial charge in [-0.25, -0.2) is 0 Å². The molecule has 1 aliphatic rings. The summed E-state index contributed by atoms with van der Waals surface area (Å²) in [5.41, 5.74) is 2.45. The van der Waals surface area contributed by atoms with E-state index >= 15 is 0 Å². The van der Waals surface area contributed by atoms with Gasteiger partial charge in [-0.2, -0.15) is 0 Å². The Morgan fingerprint density at radius 1 is 1.19 bits per heavy atom. The van der Waals surface area contributed by atoms with Gasteiger partial charge in [0.2, 0.25) is 0 Å². The molecule has 0 aliphatic heterocycles. The Hall–Kier alpha value is -1.08. The van der Waals surface area contributed by atoms with E-state index in [1.807, 2.05) is 12.1 Å². The summed E-state index contributed by atoms with van der Waals surface area (Å²) in [6.07, 6.45) is 8.88. The molecule has 0 N–H and O–H groups in total. The number of rotatable bonds is 4. The molecule has 86 valence electrons. The van der Waals surface area contributed by atoms with Gasteiger partial charge in [0.1, 0.15) is 0 Å². The fourth-order valence-electron chi connectivity index (χ4n) is 2.30. The van der Waals surface area contributed by atoms with Crippen LogP contribution in [-0.4, -0.2) is 6.10 Å². The zero-order valence-corrected chi connectivity index (χ0v) is 9.82. The first-order valence-electron chi connectivity index (χ1n) is 6.22. The van der Waals surface area contributed by atoms with Gasteiger partial charge in [0.25, 0.3) is 0 Å². The molecule has 1 aliphatic carbocycles. The highest BCUT2D eigenvalue weighted by atomic mass is 16.5. The van der Waals surface area contributed by atoms with E-state index in [0.717, 1.165) is 6.61 Å². The van der Waals surface area contributed by atoms with Crippen LogP contribution in [0.2, 0.25) is 0 Å². The number of hydrogen-bond donors (Lipinski definition) is 0. The minimum Gasteiger partial charge on any atom is -0.374 e. The monoisotopic (exact) mass is 216 g/mol. The van der Waals surface area contributed by atoms with Crippen LogP contribution in [0, 0.1) is 0 Å². The van der Waals surface area contributed by atoms with Gasteiger partial charge in [0.05, 0.1) is 12.7 Å². The minimum absolute atomic E-state index is 0.478. The van der Waals surface area contributed by atoms with Gasteiger partial charge in [0, 0.05) is 0 Å². The molecule has 16 heavy (non-hydrogen) atoms. The number of ether oxygens (including phenoxy) is 1. The fourth-order valence-corrected chi connectivity index (χ4v) is 2.30. The van der Waals surface area contributed by atoms with Crippen LogP contribution in [0.4, 0.5) is 0 Å². The molecule has 0 radical (unpaired) electrons. The molecule has 0 spiro atoms. The molecule has 0 amide bonds. The van der Waals surface area contributed by atoms with Crippen LogP contribution in [0.5, 0.6) is 0 Å². The molecule has 0 bridgehead atoms. The number of benzene rings is 1. The van der Waals surface area contributed by atoms with E-state index in [4.69, 9.17) is 4.74 Å². The normalized spacial score (nSPS) is 17.2. The molecular weight excluding hydrogens is 196 g/mol. The summed E-state index contributed by atoms with van der Waals surface area (Å²) in [5, 5.41) is 0. The van der Waals surface area contributed by atoms with Gasteiger partial charge in [-0.1, -0.05) is 56.2 Å². The van der Waals surface area contributed by atoms with E-state index in [1.165, 1.54) is 43.2 Å². The SMILES string of the molecule is C=Cc1ccccc1COC1CCCCC1. The predicted molar refractivity (Wildman–Crippen MR) is 68.2 cm³/mol. The molecule has 0 aromatic heterocycles. The van der Waals surface area contributed by atoms with Crippen LogP contribution in [0.25, 0.3) is 6.08 Å². The van der Waals surface area contributed by atoms with E-state index in [-0.39, 0.29) is 0 Å². The maximum atomic E-state index is 5.96. The van der Waals surface area contributed by atoms with Crippen molar-refractivity contribution in [2.75, 3.05) is 0 Å². The third-order valence-corrected chi connectivity index (χ3v) is 3.30. The molecule has 1 aromatic rings. The van der Waals surface area contributed by atoms with Crippen LogP contribution < -0.4 is 0 Å². The average molecular weight is 216 g/mol. The molecule has 0 atom stereocenters. The summed E-state index contributed by atoms with van der Waals surface area (Å²) in [6, 6.07) is 8.32. The third kappa shape index (κ3) is 2.96. The van der Waals surface area contributed by atoms with Crippen LogP contribution >= 0.6 is 0 Å². The maximum absolute atomic E-state index is 5.96. The van der Waals surface area contributed by atoms with E-state index in [0.29, 0.717) is 6.10 Å². The molecule has 0 unspecified atom stereocenters. The lowest BCUT2D eigenvalue weighted by Crippen LogP contribution is -2.16. The predicted octanol–water partition coefficient (Wildman–Crippen LogP) is 4.18. The second-order valence-electron chi connectivity index (χ2n) is 4.47. The summed E-state index contributed by atoms with van der Waals surface area (Å²) in [5.74, 6) is 0. The second-order valence-corrected chi connectivity index (χ2v) is 4.47. The average Bonchev–Trinajstić information content (AvgIpc) is 2.38. The van der Waals surface area contributed by atoms with E-state index in [2.05, 4.69) is 24.8 Å². The highest BCUT2D eigenvalue weighted by Gasteiger charge is 2.13. The van der Waals surface area contributed by atoms with Crippen molar-refractivity contribution in [3.63, 3.8) is 0 Å². The Bertz CT molecular complexity index is 337. The van der Waals surface area contributed by atoms with Crippen molar-refractivity contribution in [2.24, 2.45) is 0 Å². The van der Waals surface area contributed by atoms with Gasteiger partial charge in [-0.15, -0.1) is 0 Å². The zero-order valence-electron chi connectivity index (χ0n) is 9.82. The third-order valence-electron chi connectivity index (χ3n) is 3.30. The Balaban J connectivity index is 1.90. The lowest BCUT2D eigenvalue weighted by molar-refractivity contribution is 0.0168. The molecule has 0 saturated heterocycles. The summed E-state index contributed by atoms with van der Waals surface area (Å²) in [6.45, 7) is 4.56. The Morgan fingerprint density at radius 2 is 1.94 bits per heavy atom. The fraction of sp³-hybridized carbons (Fsp3) is 0.467. The largest absolute Gasteiger partial charge is 0.374 e. The van der Waals surface area contributed by atoms with E-state index in [1.54, 1.807) is 0 Å². The zero-order chi connectivity index (χ0) is 11.2. The minimum atomic E-state index is 0.478. The quantitative estimate of drug-likeness (QED) is 0.733. The van der Waals surface area contributed by atoms with Crippen molar-refractivity contribution in [1.29, 1.82) is 0 Å². The number of hydrogen-bond acceptors (Lipinski definition) is 1. The van der Waals surface area contributed by atoms with Crippen LogP contribution in [0.15, 0.2) is 30.8 Å². The summed E-state index contributed by atoms with van der Waals surface area (Å²) in [4.78, 5) is 0. The van der Waals surface area contributed by atoms with Crippen molar-refractivity contribution in [3.8, 4) is 0 Å². The van der Waals surface area contributed by atoms with Crippen LogP contribution in [0.3, 0.4) is 0 Å². The van der Waals surface area contributed by atoms with Crippen molar-refractivity contribution < 1.29 is 4.74 Å². The lowest BCUT2D eigenvalue weighted by atomic mass is 9.98. The topological polar surface area (TPSA) is 9.23 Å². The van der Waals surface area contributed by atoms with E-state index < -0.39 is 0 Å². The first kappa shape index (κ1) is 11.4. The highest BCUT2D eigenvalue weighted by Crippen LogP contribution is 2.22. The first-order valence-corrected chi connectivity index (χ1v) is 6.22. The summed E-state index contributed by atoms with van der Waals surface area (Å²) < 4.78 is 5.96. The van der Waals surface area contributed by atoms with E-state index in [9.17, 15) is 0 Å². The van der Waals surface area contributed by atoms with Crippen LogP contribution in [-0.2, 0) is 11.3 Å². The van der Waals surface area contributed by atoms with Gasteiger partial charge in [0.15, 0.2) is 0 Å². The van der Waals surface area contributed by atoms with Gasteiger partial charge in [-0.3, -0.25) is 0 Å². The molecular formula is C15H20O. The highest BCUT2D eigenvalue weighted by molar-refractivity contribution is 5.51. The van der Waals surface area contributed by atoms with Gasteiger partial charge >= 0.3 is 0 Å². The maximum Gasteiger partial charge on any atom is 0.0726 e. The molecule has 1 fully saturated rings. The molecule has 2 rings (SSSR count). The lowest BCUT2D eigenvalue weighted by Gasteiger charge is -2.22. The summed E-state index contributed by atoms with van der Waals surface area (Å²) in [7, 11) is 0. The van der Waals surface area contributed by atoms with Crippen LogP contribution in [0.1, 0.15) is 43.2 Å².